The summed E-state index contributed by atoms with van der Waals surface area (Å²) in [6.07, 6.45) is 0.862. The number of likely N-dealkylation sites (tertiary alicyclic amines) is 1. The maximum atomic E-state index is 13.3. The zero-order valence-corrected chi connectivity index (χ0v) is 15.9. The highest BCUT2D eigenvalue weighted by Crippen LogP contribution is 2.30. The van der Waals surface area contributed by atoms with Crippen molar-refractivity contribution in [3.63, 3.8) is 0 Å². The fraction of sp³-hybridized carbons (Fsp3) is 0.318. The van der Waals surface area contributed by atoms with Crippen LogP contribution in [0.15, 0.2) is 54.6 Å². The average Bonchev–Trinajstić information content (AvgIpc) is 2.93. The maximum absolute atomic E-state index is 13.3. The second-order valence-electron chi connectivity index (χ2n) is 7.58. The van der Waals surface area contributed by atoms with Crippen LogP contribution in [0, 0.1) is 5.82 Å². The highest BCUT2D eigenvalue weighted by molar-refractivity contribution is 6.07. The number of imide groups is 1. The average molecular weight is 395 g/mol. The molecule has 6 nitrogen and oxygen atoms in total. The standard InChI is InChI=1S/C22H22FN3O3/c23-18-8-4-7-17(13-18)14-19(27)25-11-9-22(10-12-25)20(28)26(21(29)24-22)15-16-5-2-1-3-6-16/h1-8,13H,9-12,14-15H2,(H,24,29). The van der Waals surface area contributed by atoms with Gasteiger partial charge in [-0.25, -0.2) is 9.18 Å². The first-order chi connectivity index (χ1) is 14.0. The third kappa shape index (κ3) is 3.85. The molecule has 2 aromatic rings. The van der Waals surface area contributed by atoms with E-state index in [0.717, 1.165) is 5.56 Å². The van der Waals surface area contributed by atoms with E-state index < -0.39 is 11.6 Å². The number of nitrogens with one attached hydrogen (secondary N) is 1. The molecule has 4 amide bonds. The molecule has 2 saturated heterocycles. The van der Waals surface area contributed by atoms with Gasteiger partial charge in [-0.2, -0.15) is 0 Å². The Bertz CT molecular complexity index is 939. The number of rotatable bonds is 4. The van der Waals surface area contributed by atoms with Gasteiger partial charge in [0.25, 0.3) is 5.91 Å². The summed E-state index contributed by atoms with van der Waals surface area (Å²) in [4.78, 5) is 40.9. The minimum Gasteiger partial charge on any atom is -0.342 e. The molecule has 0 saturated carbocycles. The molecule has 1 N–H and O–H groups in total. The highest BCUT2D eigenvalue weighted by Gasteiger charge is 2.52. The molecule has 0 aromatic heterocycles. The lowest BCUT2D eigenvalue weighted by Gasteiger charge is -2.37. The number of halogens is 1. The summed E-state index contributed by atoms with van der Waals surface area (Å²) in [5.41, 5.74) is 0.562. The fourth-order valence-electron chi connectivity index (χ4n) is 4.00. The van der Waals surface area contributed by atoms with Crippen LogP contribution in [0.4, 0.5) is 9.18 Å². The van der Waals surface area contributed by atoms with Crippen LogP contribution in [0.1, 0.15) is 24.0 Å². The number of carbonyl (C=O) groups is 3. The SMILES string of the molecule is O=C(Cc1cccc(F)c1)N1CCC2(CC1)NC(=O)N(Cc1ccccc1)C2=O. The Kier molecular flexibility index (Phi) is 5.05. The minimum atomic E-state index is -0.943. The van der Waals surface area contributed by atoms with Crippen molar-refractivity contribution in [1.82, 2.24) is 15.1 Å². The molecular formula is C22H22FN3O3. The lowest BCUT2D eigenvalue weighted by Crippen LogP contribution is -2.56. The van der Waals surface area contributed by atoms with Gasteiger partial charge >= 0.3 is 6.03 Å². The van der Waals surface area contributed by atoms with E-state index in [9.17, 15) is 18.8 Å². The first-order valence-electron chi connectivity index (χ1n) is 9.67. The van der Waals surface area contributed by atoms with Crippen LogP contribution < -0.4 is 5.32 Å². The van der Waals surface area contributed by atoms with E-state index in [-0.39, 0.29) is 30.6 Å². The molecule has 4 rings (SSSR count). The third-order valence-electron chi connectivity index (χ3n) is 5.64. The molecule has 2 fully saturated rings. The highest BCUT2D eigenvalue weighted by atomic mass is 19.1. The molecule has 7 heteroatoms. The second kappa shape index (κ2) is 7.66. The van der Waals surface area contributed by atoms with E-state index in [4.69, 9.17) is 0 Å². The zero-order chi connectivity index (χ0) is 20.4. The summed E-state index contributed by atoms with van der Waals surface area (Å²) in [5.74, 6) is -0.711. The van der Waals surface area contributed by atoms with Crippen molar-refractivity contribution in [3.8, 4) is 0 Å². The summed E-state index contributed by atoms with van der Waals surface area (Å²) in [6, 6.07) is 15.0. The van der Waals surface area contributed by atoms with Crippen LogP contribution in [0.25, 0.3) is 0 Å². The molecule has 0 bridgehead atoms. The lowest BCUT2D eigenvalue weighted by atomic mass is 9.87. The van der Waals surface area contributed by atoms with Crippen molar-refractivity contribution >= 4 is 17.8 Å². The van der Waals surface area contributed by atoms with Gasteiger partial charge in [-0.05, 0) is 36.1 Å². The normalized spacial score (nSPS) is 18.2. The van der Waals surface area contributed by atoms with Gasteiger partial charge in [0.05, 0.1) is 13.0 Å². The van der Waals surface area contributed by atoms with Crippen LogP contribution in [0.3, 0.4) is 0 Å². The Morgan fingerprint density at radius 3 is 2.38 bits per heavy atom. The number of nitrogens with zero attached hydrogens (tertiary/aromatic N) is 2. The Labute approximate surface area is 168 Å². The van der Waals surface area contributed by atoms with Crippen molar-refractivity contribution in [1.29, 1.82) is 0 Å². The number of hydrogen-bond acceptors (Lipinski definition) is 3. The molecule has 1 spiro atoms. The van der Waals surface area contributed by atoms with Crippen molar-refractivity contribution in [2.75, 3.05) is 13.1 Å². The Hall–Kier alpha value is -3.22. The third-order valence-corrected chi connectivity index (χ3v) is 5.64. The van der Waals surface area contributed by atoms with Crippen molar-refractivity contribution in [2.45, 2.75) is 31.3 Å². The molecule has 0 aliphatic carbocycles. The number of benzene rings is 2. The summed E-state index contributed by atoms with van der Waals surface area (Å²) < 4.78 is 13.3. The van der Waals surface area contributed by atoms with Gasteiger partial charge in [0, 0.05) is 13.1 Å². The van der Waals surface area contributed by atoms with Crippen molar-refractivity contribution < 1.29 is 18.8 Å². The molecule has 2 aliphatic rings. The Balaban J connectivity index is 1.38. The van der Waals surface area contributed by atoms with Gasteiger partial charge in [0.15, 0.2) is 0 Å². The quantitative estimate of drug-likeness (QED) is 0.809. The second-order valence-corrected chi connectivity index (χ2v) is 7.58. The van der Waals surface area contributed by atoms with Crippen LogP contribution in [-0.4, -0.2) is 46.3 Å². The molecule has 0 radical (unpaired) electrons. The number of amides is 4. The van der Waals surface area contributed by atoms with Gasteiger partial charge < -0.3 is 10.2 Å². The fourth-order valence-corrected chi connectivity index (χ4v) is 4.00. The Morgan fingerprint density at radius 2 is 1.69 bits per heavy atom. The van der Waals surface area contributed by atoms with Gasteiger partial charge in [-0.15, -0.1) is 0 Å². The van der Waals surface area contributed by atoms with E-state index in [1.54, 1.807) is 17.0 Å². The van der Waals surface area contributed by atoms with Gasteiger partial charge in [0.2, 0.25) is 5.91 Å². The zero-order valence-electron chi connectivity index (χ0n) is 15.9. The summed E-state index contributed by atoms with van der Waals surface area (Å²) in [6.45, 7) is 0.980. The first-order valence-corrected chi connectivity index (χ1v) is 9.67. The first kappa shape index (κ1) is 19.1. The molecule has 2 aliphatic heterocycles. The molecular weight excluding hydrogens is 373 g/mol. The van der Waals surface area contributed by atoms with Crippen molar-refractivity contribution in [2.24, 2.45) is 0 Å². The van der Waals surface area contributed by atoms with E-state index >= 15 is 0 Å². The van der Waals surface area contributed by atoms with Crippen LogP contribution in [-0.2, 0) is 22.6 Å². The largest absolute Gasteiger partial charge is 0.342 e. The molecule has 0 atom stereocenters. The molecule has 150 valence electrons. The number of hydrogen-bond donors (Lipinski definition) is 1. The van der Waals surface area contributed by atoms with E-state index in [1.165, 1.54) is 17.0 Å². The lowest BCUT2D eigenvalue weighted by molar-refractivity contribution is -0.138. The summed E-state index contributed by atoms with van der Waals surface area (Å²) in [5, 5.41) is 2.86. The van der Waals surface area contributed by atoms with E-state index in [0.29, 0.717) is 31.5 Å². The molecule has 2 heterocycles. The monoisotopic (exact) mass is 395 g/mol. The molecule has 2 aromatic carbocycles. The number of carbonyl (C=O) groups excluding carboxylic acids is 3. The van der Waals surface area contributed by atoms with Crippen LogP contribution >= 0.6 is 0 Å². The predicted molar refractivity (Wildman–Crippen MR) is 104 cm³/mol. The molecule has 0 unspecified atom stereocenters. The smallest absolute Gasteiger partial charge is 0.325 e. The topological polar surface area (TPSA) is 69.7 Å². The number of urea groups is 1. The maximum Gasteiger partial charge on any atom is 0.325 e. The van der Waals surface area contributed by atoms with Crippen LogP contribution in [0.2, 0.25) is 0 Å². The van der Waals surface area contributed by atoms with E-state index in [1.807, 2.05) is 30.3 Å². The summed E-state index contributed by atoms with van der Waals surface area (Å²) in [7, 11) is 0. The van der Waals surface area contributed by atoms with Gasteiger partial charge in [-0.1, -0.05) is 42.5 Å². The Morgan fingerprint density at radius 1 is 1.00 bits per heavy atom. The van der Waals surface area contributed by atoms with Gasteiger partial charge in [-0.3, -0.25) is 14.5 Å². The minimum absolute atomic E-state index is 0.108. The summed E-state index contributed by atoms with van der Waals surface area (Å²) >= 11 is 0. The van der Waals surface area contributed by atoms with E-state index in [2.05, 4.69) is 5.32 Å². The van der Waals surface area contributed by atoms with Crippen molar-refractivity contribution in [3.05, 3.63) is 71.5 Å². The number of piperidine rings is 1. The predicted octanol–water partition coefficient (Wildman–Crippen LogP) is 2.48. The molecule has 29 heavy (non-hydrogen) atoms. The van der Waals surface area contributed by atoms with Crippen LogP contribution in [0.5, 0.6) is 0 Å². The van der Waals surface area contributed by atoms with Gasteiger partial charge in [0.1, 0.15) is 11.4 Å².